The molecular weight excluding hydrogens is 214 g/mol. The molecule has 0 unspecified atom stereocenters. The van der Waals surface area contributed by atoms with Crippen LogP contribution >= 0.6 is 0 Å². The Hall–Kier alpha value is -1.16. The average Bonchev–Trinajstić information content (AvgIpc) is 2.25. The largest absolute Gasteiger partial charge is 0.474 e. The Kier molecular flexibility index (Phi) is 3.94. The highest BCUT2D eigenvalue weighted by Crippen LogP contribution is 2.30. The molecule has 1 fully saturated rings. The maximum Gasteiger partial charge on any atom is 0.217 e. The highest BCUT2D eigenvalue weighted by molar-refractivity contribution is 5.16. The number of aryl methyl sites for hydroxylation is 2. The SMILES string of the molecule is CCc1cc(OC2CC(CNC)C2)nc(C)n1. The molecule has 2 rings (SSSR count). The predicted molar refractivity (Wildman–Crippen MR) is 67.2 cm³/mol. The van der Waals surface area contributed by atoms with Gasteiger partial charge in [0.05, 0.1) is 0 Å². The first-order valence-electron chi connectivity index (χ1n) is 6.37. The normalized spacial score (nSPS) is 23.2. The fraction of sp³-hybridized carbons (Fsp3) is 0.692. The van der Waals surface area contributed by atoms with Crippen LogP contribution in [0.25, 0.3) is 0 Å². The molecule has 1 N–H and O–H groups in total. The van der Waals surface area contributed by atoms with Crippen molar-refractivity contribution >= 4 is 0 Å². The summed E-state index contributed by atoms with van der Waals surface area (Å²) in [5.74, 6) is 2.30. The molecule has 4 heteroatoms. The van der Waals surface area contributed by atoms with E-state index in [1.807, 2.05) is 20.0 Å². The molecule has 0 saturated heterocycles. The van der Waals surface area contributed by atoms with Crippen LogP contribution in [0.15, 0.2) is 6.07 Å². The Labute approximate surface area is 103 Å². The zero-order valence-electron chi connectivity index (χ0n) is 10.9. The van der Waals surface area contributed by atoms with E-state index >= 15 is 0 Å². The Morgan fingerprint density at radius 3 is 2.82 bits per heavy atom. The standard InChI is InChI=1S/C13H21N3O/c1-4-11-7-13(16-9(2)15-11)17-12-5-10(6-12)8-14-3/h7,10,12,14H,4-6,8H2,1-3H3. The van der Waals surface area contributed by atoms with Gasteiger partial charge in [-0.15, -0.1) is 0 Å². The van der Waals surface area contributed by atoms with Gasteiger partial charge >= 0.3 is 0 Å². The second kappa shape index (κ2) is 5.45. The van der Waals surface area contributed by atoms with Crippen LogP contribution in [0.5, 0.6) is 5.88 Å². The fourth-order valence-corrected chi connectivity index (χ4v) is 2.24. The summed E-state index contributed by atoms with van der Waals surface area (Å²) in [5, 5.41) is 3.20. The molecule has 0 spiro atoms. The summed E-state index contributed by atoms with van der Waals surface area (Å²) in [4.78, 5) is 8.67. The highest BCUT2D eigenvalue weighted by atomic mass is 16.5. The van der Waals surface area contributed by atoms with Crippen molar-refractivity contribution in [3.05, 3.63) is 17.6 Å². The first-order chi connectivity index (χ1) is 8.21. The van der Waals surface area contributed by atoms with Gasteiger partial charge in [-0.3, -0.25) is 0 Å². The molecule has 1 aliphatic rings. The van der Waals surface area contributed by atoms with E-state index in [4.69, 9.17) is 4.74 Å². The van der Waals surface area contributed by atoms with Gasteiger partial charge < -0.3 is 10.1 Å². The molecule has 1 aromatic heterocycles. The Bertz CT molecular complexity index is 375. The summed E-state index contributed by atoms with van der Waals surface area (Å²) >= 11 is 0. The van der Waals surface area contributed by atoms with E-state index in [1.54, 1.807) is 0 Å². The van der Waals surface area contributed by atoms with Gasteiger partial charge in [0.25, 0.3) is 0 Å². The van der Waals surface area contributed by atoms with Crippen LogP contribution in [-0.2, 0) is 6.42 Å². The smallest absolute Gasteiger partial charge is 0.217 e. The third-order valence-electron chi connectivity index (χ3n) is 3.20. The molecule has 94 valence electrons. The van der Waals surface area contributed by atoms with Gasteiger partial charge in [0.15, 0.2) is 0 Å². The van der Waals surface area contributed by atoms with Crippen molar-refractivity contribution in [2.45, 2.75) is 39.2 Å². The minimum absolute atomic E-state index is 0.340. The van der Waals surface area contributed by atoms with Gasteiger partial charge in [0.1, 0.15) is 11.9 Å². The number of aromatic nitrogens is 2. The lowest BCUT2D eigenvalue weighted by atomic mass is 9.82. The van der Waals surface area contributed by atoms with Crippen LogP contribution in [0.2, 0.25) is 0 Å². The predicted octanol–water partition coefficient (Wildman–Crippen LogP) is 1.72. The van der Waals surface area contributed by atoms with E-state index in [2.05, 4.69) is 22.2 Å². The van der Waals surface area contributed by atoms with Crippen LogP contribution in [0, 0.1) is 12.8 Å². The maximum absolute atomic E-state index is 5.87. The summed E-state index contributed by atoms with van der Waals surface area (Å²) in [6, 6.07) is 1.96. The Balaban J connectivity index is 1.89. The van der Waals surface area contributed by atoms with E-state index in [0.717, 1.165) is 49.1 Å². The molecule has 1 heterocycles. The van der Waals surface area contributed by atoms with Crippen molar-refractivity contribution < 1.29 is 4.74 Å². The number of nitrogens with zero attached hydrogens (tertiary/aromatic N) is 2. The lowest BCUT2D eigenvalue weighted by Gasteiger charge is -2.34. The summed E-state index contributed by atoms with van der Waals surface area (Å²) in [6.07, 6.45) is 3.52. The molecule has 1 saturated carbocycles. The Morgan fingerprint density at radius 2 is 2.18 bits per heavy atom. The van der Waals surface area contributed by atoms with Crippen LogP contribution in [0.4, 0.5) is 0 Å². The van der Waals surface area contributed by atoms with E-state index in [-0.39, 0.29) is 0 Å². The van der Waals surface area contributed by atoms with Gasteiger partial charge in [0.2, 0.25) is 5.88 Å². The van der Waals surface area contributed by atoms with Crippen molar-refractivity contribution in [2.24, 2.45) is 5.92 Å². The number of ether oxygens (including phenoxy) is 1. The third-order valence-corrected chi connectivity index (χ3v) is 3.20. The lowest BCUT2D eigenvalue weighted by Crippen LogP contribution is -2.38. The zero-order valence-corrected chi connectivity index (χ0v) is 10.9. The van der Waals surface area contributed by atoms with Gasteiger partial charge in [-0.2, -0.15) is 4.98 Å². The molecular formula is C13H21N3O. The number of nitrogens with one attached hydrogen (secondary N) is 1. The molecule has 1 aromatic rings. The highest BCUT2D eigenvalue weighted by Gasteiger charge is 2.30. The summed E-state index contributed by atoms with van der Waals surface area (Å²) < 4.78 is 5.87. The van der Waals surface area contributed by atoms with Crippen molar-refractivity contribution in [3.63, 3.8) is 0 Å². The molecule has 0 atom stereocenters. The fourth-order valence-electron chi connectivity index (χ4n) is 2.24. The zero-order chi connectivity index (χ0) is 12.3. The molecule has 4 nitrogen and oxygen atoms in total. The van der Waals surface area contributed by atoms with Crippen molar-refractivity contribution in [2.75, 3.05) is 13.6 Å². The van der Waals surface area contributed by atoms with E-state index in [1.165, 1.54) is 0 Å². The average molecular weight is 235 g/mol. The van der Waals surface area contributed by atoms with Crippen molar-refractivity contribution in [1.29, 1.82) is 0 Å². The van der Waals surface area contributed by atoms with Crippen LogP contribution in [0.1, 0.15) is 31.3 Å². The number of rotatable bonds is 5. The first kappa shape index (κ1) is 12.3. The molecule has 17 heavy (non-hydrogen) atoms. The summed E-state index contributed by atoms with van der Waals surface area (Å²) in [5.41, 5.74) is 1.05. The monoisotopic (exact) mass is 235 g/mol. The van der Waals surface area contributed by atoms with Crippen LogP contribution in [0.3, 0.4) is 0 Å². The third kappa shape index (κ3) is 3.16. The number of hydrogen-bond donors (Lipinski definition) is 1. The Morgan fingerprint density at radius 1 is 1.41 bits per heavy atom. The maximum atomic E-state index is 5.87. The van der Waals surface area contributed by atoms with E-state index < -0.39 is 0 Å². The van der Waals surface area contributed by atoms with Crippen LogP contribution in [-0.4, -0.2) is 29.7 Å². The van der Waals surface area contributed by atoms with Gasteiger partial charge in [-0.25, -0.2) is 4.98 Å². The first-order valence-corrected chi connectivity index (χ1v) is 6.37. The van der Waals surface area contributed by atoms with Gasteiger partial charge in [-0.05, 0) is 45.7 Å². The van der Waals surface area contributed by atoms with Crippen LogP contribution < -0.4 is 10.1 Å². The minimum Gasteiger partial charge on any atom is -0.474 e. The van der Waals surface area contributed by atoms with Crippen molar-refractivity contribution in [3.8, 4) is 5.88 Å². The quantitative estimate of drug-likeness (QED) is 0.844. The summed E-state index contributed by atoms with van der Waals surface area (Å²) in [6.45, 7) is 5.09. The van der Waals surface area contributed by atoms with E-state index in [9.17, 15) is 0 Å². The molecule has 0 aliphatic heterocycles. The lowest BCUT2D eigenvalue weighted by molar-refractivity contribution is 0.0613. The van der Waals surface area contributed by atoms with Crippen molar-refractivity contribution in [1.82, 2.24) is 15.3 Å². The topological polar surface area (TPSA) is 47.0 Å². The second-order valence-corrected chi connectivity index (χ2v) is 4.73. The second-order valence-electron chi connectivity index (χ2n) is 4.73. The van der Waals surface area contributed by atoms with Gasteiger partial charge in [-0.1, -0.05) is 6.92 Å². The minimum atomic E-state index is 0.340. The number of hydrogen-bond acceptors (Lipinski definition) is 4. The molecule has 0 aromatic carbocycles. The molecule has 0 amide bonds. The molecule has 0 bridgehead atoms. The molecule has 1 aliphatic carbocycles. The molecule has 0 radical (unpaired) electrons. The summed E-state index contributed by atoms with van der Waals surface area (Å²) in [7, 11) is 2.00. The van der Waals surface area contributed by atoms with Gasteiger partial charge in [0, 0.05) is 11.8 Å². The van der Waals surface area contributed by atoms with E-state index in [0.29, 0.717) is 6.10 Å².